The number of rotatable bonds is 1. The van der Waals surface area contributed by atoms with Gasteiger partial charge >= 0.3 is 0 Å². The Hall–Kier alpha value is -2.74. The minimum atomic E-state index is 0.262. The van der Waals surface area contributed by atoms with Crippen LogP contribution in [0.3, 0.4) is 0 Å². The van der Waals surface area contributed by atoms with Gasteiger partial charge in [0, 0.05) is 5.56 Å². The third-order valence-corrected chi connectivity index (χ3v) is 4.12. The second kappa shape index (κ2) is 4.38. The fourth-order valence-corrected chi connectivity index (χ4v) is 3.14. The van der Waals surface area contributed by atoms with Crippen LogP contribution in [0, 0.1) is 0 Å². The smallest absolute Gasteiger partial charge is 0.123 e. The summed E-state index contributed by atoms with van der Waals surface area (Å²) in [6.07, 6.45) is 0.829. The molecule has 0 radical (unpaired) electrons. The number of hydrogen-bond acceptors (Lipinski definition) is 2. The van der Waals surface area contributed by atoms with E-state index < -0.39 is 0 Å². The van der Waals surface area contributed by atoms with Gasteiger partial charge in [0.15, 0.2) is 0 Å². The number of fused-ring (bicyclic) bond motifs is 3. The van der Waals surface area contributed by atoms with Crippen LogP contribution in [-0.4, -0.2) is 10.2 Å². The molecule has 1 aliphatic rings. The van der Waals surface area contributed by atoms with E-state index in [1.165, 1.54) is 5.56 Å². The molecule has 0 spiro atoms. The van der Waals surface area contributed by atoms with Gasteiger partial charge in [-0.25, -0.2) is 0 Å². The number of phenolic OH excluding ortho intramolecular Hbond substituents is 2. The van der Waals surface area contributed by atoms with E-state index >= 15 is 0 Å². The summed E-state index contributed by atoms with van der Waals surface area (Å²) >= 11 is 0. The lowest BCUT2D eigenvalue weighted by atomic mass is 9.95. The second-order valence-corrected chi connectivity index (χ2v) is 5.37. The zero-order valence-electron chi connectivity index (χ0n) is 11.4. The third kappa shape index (κ3) is 1.80. The molecule has 0 saturated heterocycles. The quantitative estimate of drug-likeness (QED) is 0.542. The highest BCUT2D eigenvalue weighted by molar-refractivity contribution is 5.88. The summed E-state index contributed by atoms with van der Waals surface area (Å²) in [5.74, 6) is 0.593. The largest absolute Gasteiger partial charge is 0.508 e. The SMILES string of the molecule is Oc1ccc(-c2ccc(O)c3c2Cc2ccccc2-3)cc1. The van der Waals surface area contributed by atoms with Crippen molar-refractivity contribution in [2.24, 2.45) is 0 Å². The Morgan fingerprint density at radius 3 is 2.29 bits per heavy atom. The van der Waals surface area contributed by atoms with Crippen LogP contribution in [0.5, 0.6) is 11.5 Å². The van der Waals surface area contributed by atoms with Crippen molar-refractivity contribution in [3.63, 3.8) is 0 Å². The third-order valence-electron chi connectivity index (χ3n) is 4.12. The lowest BCUT2D eigenvalue weighted by Gasteiger charge is -2.11. The minimum Gasteiger partial charge on any atom is -0.508 e. The highest BCUT2D eigenvalue weighted by atomic mass is 16.3. The number of phenols is 2. The molecule has 1 aliphatic carbocycles. The Labute approximate surface area is 122 Å². The van der Waals surface area contributed by atoms with E-state index in [-0.39, 0.29) is 5.75 Å². The predicted octanol–water partition coefficient (Wildman–Crippen LogP) is 4.34. The Bertz CT molecular complexity index is 833. The van der Waals surface area contributed by atoms with Gasteiger partial charge in [-0.2, -0.15) is 0 Å². The molecular formula is C19H14O2. The van der Waals surface area contributed by atoms with Crippen LogP contribution in [0.4, 0.5) is 0 Å². The van der Waals surface area contributed by atoms with E-state index in [0.717, 1.165) is 34.2 Å². The van der Waals surface area contributed by atoms with Crippen molar-refractivity contribution in [3.05, 3.63) is 71.8 Å². The first-order valence-electron chi connectivity index (χ1n) is 6.96. The molecule has 0 amide bonds. The summed E-state index contributed by atoms with van der Waals surface area (Å²) in [4.78, 5) is 0. The zero-order valence-corrected chi connectivity index (χ0v) is 11.4. The Morgan fingerprint density at radius 1 is 0.714 bits per heavy atom. The summed E-state index contributed by atoms with van der Waals surface area (Å²) < 4.78 is 0. The summed E-state index contributed by atoms with van der Waals surface area (Å²) in [5.41, 5.74) is 6.62. The van der Waals surface area contributed by atoms with Crippen molar-refractivity contribution >= 4 is 0 Å². The van der Waals surface area contributed by atoms with E-state index in [2.05, 4.69) is 12.1 Å². The van der Waals surface area contributed by atoms with Crippen molar-refractivity contribution in [3.8, 4) is 33.8 Å². The molecule has 0 bridgehead atoms. The molecule has 2 nitrogen and oxygen atoms in total. The zero-order chi connectivity index (χ0) is 14.4. The molecule has 0 saturated carbocycles. The van der Waals surface area contributed by atoms with Gasteiger partial charge in [0.25, 0.3) is 0 Å². The Kier molecular flexibility index (Phi) is 2.51. The topological polar surface area (TPSA) is 40.5 Å². The molecule has 4 rings (SSSR count). The van der Waals surface area contributed by atoms with Crippen LogP contribution in [-0.2, 0) is 6.42 Å². The molecular weight excluding hydrogens is 260 g/mol. The summed E-state index contributed by atoms with van der Waals surface area (Å²) in [6, 6.07) is 19.1. The van der Waals surface area contributed by atoms with E-state index in [4.69, 9.17) is 0 Å². The molecule has 0 fully saturated rings. The van der Waals surface area contributed by atoms with Gasteiger partial charge in [0.1, 0.15) is 11.5 Å². The maximum Gasteiger partial charge on any atom is 0.123 e. The highest BCUT2D eigenvalue weighted by Crippen LogP contribution is 2.46. The molecule has 0 heterocycles. The second-order valence-electron chi connectivity index (χ2n) is 5.37. The number of benzene rings is 3. The van der Waals surface area contributed by atoms with Crippen LogP contribution in [0.1, 0.15) is 11.1 Å². The van der Waals surface area contributed by atoms with Gasteiger partial charge in [-0.05, 0) is 52.4 Å². The van der Waals surface area contributed by atoms with E-state index in [9.17, 15) is 10.2 Å². The molecule has 0 atom stereocenters. The monoisotopic (exact) mass is 274 g/mol. The number of hydrogen-bond donors (Lipinski definition) is 2. The fraction of sp³-hybridized carbons (Fsp3) is 0.0526. The van der Waals surface area contributed by atoms with Crippen LogP contribution < -0.4 is 0 Å². The first-order chi connectivity index (χ1) is 10.2. The Balaban J connectivity index is 1.96. The van der Waals surface area contributed by atoms with Crippen LogP contribution in [0.15, 0.2) is 60.7 Å². The molecule has 0 unspecified atom stereocenters. The highest BCUT2D eigenvalue weighted by Gasteiger charge is 2.24. The summed E-state index contributed by atoms with van der Waals surface area (Å²) in [7, 11) is 0. The lowest BCUT2D eigenvalue weighted by molar-refractivity contribution is 0.475. The van der Waals surface area contributed by atoms with Crippen molar-refractivity contribution in [2.75, 3.05) is 0 Å². The van der Waals surface area contributed by atoms with Gasteiger partial charge < -0.3 is 10.2 Å². The molecule has 2 heteroatoms. The first-order valence-corrected chi connectivity index (χ1v) is 6.96. The standard InChI is InChI=1S/C19H14O2/c20-14-7-5-12(6-8-14)15-9-10-18(21)19-16-4-2-1-3-13(16)11-17(15)19/h1-10,20-21H,11H2. The molecule has 0 aliphatic heterocycles. The van der Waals surface area contributed by atoms with E-state index in [0.29, 0.717) is 5.75 Å². The Morgan fingerprint density at radius 2 is 1.48 bits per heavy atom. The fourth-order valence-electron chi connectivity index (χ4n) is 3.14. The van der Waals surface area contributed by atoms with Gasteiger partial charge in [-0.3, -0.25) is 0 Å². The summed E-state index contributed by atoms with van der Waals surface area (Å²) in [5, 5.41) is 19.7. The van der Waals surface area contributed by atoms with E-state index in [1.54, 1.807) is 18.2 Å². The molecule has 0 aromatic heterocycles. The average Bonchev–Trinajstić information content (AvgIpc) is 2.89. The minimum absolute atomic E-state index is 0.262. The van der Waals surface area contributed by atoms with Crippen molar-refractivity contribution in [2.45, 2.75) is 6.42 Å². The van der Waals surface area contributed by atoms with Gasteiger partial charge in [0.05, 0.1) is 0 Å². The van der Waals surface area contributed by atoms with Gasteiger partial charge in [-0.15, -0.1) is 0 Å². The van der Waals surface area contributed by atoms with Crippen LogP contribution >= 0.6 is 0 Å². The van der Waals surface area contributed by atoms with Crippen LogP contribution in [0.2, 0.25) is 0 Å². The maximum atomic E-state index is 10.3. The molecule has 102 valence electrons. The molecule has 2 N–H and O–H groups in total. The average molecular weight is 274 g/mol. The van der Waals surface area contributed by atoms with Crippen molar-refractivity contribution in [1.82, 2.24) is 0 Å². The lowest BCUT2D eigenvalue weighted by Crippen LogP contribution is -1.88. The molecule has 3 aromatic carbocycles. The first kappa shape index (κ1) is 12.0. The maximum absolute atomic E-state index is 10.3. The predicted molar refractivity (Wildman–Crippen MR) is 83.4 cm³/mol. The molecule has 21 heavy (non-hydrogen) atoms. The van der Waals surface area contributed by atoms with E-state index in [1.807, 2.05) is 30.3 Å². The molecule has 3 aromatic rings. The van der Waals surface area contributed by atoms with Gasteiger partial charge in [0.2, 0.25) is 0 Å². The normalized spacial score (nSPS) is 12.0. The number of aromatic hydroxyl groups is 2. The summed E-state index contributed by atoms with van der Waals surface area (Å²) in [6.45, 7) is 0. The van der Waals surface area contributed by atoms with Crippen molar-refractivity contribution < 1.29 is 10.2 Å². The van der Waals surface area contributed by atoms with Crippen LogP contribution in [0.25, 0.3) is 22.3 Å². The van der Waals surface area contributed by atoms with Crippen molar-refractivity contribution in [1.29, 1.82) is 0 Å². The van der Waals surface area contributed by atoms with Gasteiger partial charge in [-0.1, -0.05) is 42.5 Å².